The van der Waals surface area contributed by atoms with Crippen LogP contribution in [-0.4, -0.2) is 42.1 Å². The zero-order valence-corrected chi connectivity index (χ0v) is 21.0. The van der Waals surface area contributed by atoms with Crippen molar-refractivity contribution in [3.63, 3.8) is 0 Å². The fraction of sp³-hybridized carbons (Fsp3) is 0.259. The highest BCUT2D eigenvalue weighted by molar-refractivity contribution is 7.93. The van der Waals surface area contributed by atoms with Gasteiger partial charge < -0.3 is 9.08 Å². The molecule has 0 fully saturated rings. The second kappa shape index (κ2) is 12.9. The molecule has 0 unspecified atom stereocenters. The van der Waals surface area contributed by atoms with Gasteiger partial charge in [-0.05, 0) is 54.2 Å². The second-order valence-electron chi connectivity index (χ2n) is 8.52. The van der Waals surface area contributed by atoms with Crippen LogP contribution in [0.5, 0.6) is 5.75 Å². The van der Waals surface area contributed by atoms with Crippen molar-refractivity contribution in [1.82, 2.24) is 15.1 Å². The predicted octanol–water partition coefficient (Wildman–Crippen LogP) is 4.33. The Hall–Kier alpha value is -3.33. The zero-order chi connectivity index (χ0) is 25.2. The first-order valence-corrected chi connectivity index (χ1v) is 12.1. The fourth-order valence-corrected chi connectivity index (χ4v) is 4.02. The van der Waals surface area contributed by atoms with E-state index < -0.39 is 11.9 Å². The third kappa shape index (κ3) is 8.13. The smallest absolute Gasteiger partial charge is 0.243 e. The van der Waals surface area contributed by atoms with Gasteiger partial charge >= 0.3 is 0 Å². The van der Waals surface area contributed by atoms with Crippen LogP contribution in [-0.2, 0) is 22.4 Å². The highest BCUT2D eigenvalue weighted by Crippen LogP contribution is 2.22. The summed E-state index contributed by atoms with van der Waals surface area (Å²) in [7, 11) is 3.48. The molecule has 35 heavy (non-hydrogen) atoms. The molecule has 7 nitrogen and oxygen atoms in total. The number of hydrogen-bond donors (Lipinski definition) is 3. The predicted molar refractivity (Wildman–Crippen MR) is 139 cm³/mol. The van der Waals surface area contributed by atoms with Gasteiger partial charge in [-0.3, -0.25) is 14.8 Å². The lowest BCUT2D eigenvalue weighted by atomic mass is 9.99. The summed E-state index contributed by atoms with van der Waals surface area (Å²) in [6.45, 7) is 2.02. The van der Waals surface area contributed by atoms with Gasteiger partial charge in [-0.25, -0.2) is 10.2 Å². The standard InChI is InChI=1S/C27H31N3O4S/c1-19-4-15-24(16-5-19)34-35-29-25(27(32)30(2)3)18-21-8-13-23(14-9-21)22-11-6-20(7-12-22)10-17-26(31)28-33/h4-9,11-16,25,29,33H,10,17-18H2,1-3H3,(H,28,31)/t25-/m0/s1. The molecule has 3 aromatic carbocycles. The maximum atomic E-state index is 12.7. The van der Waals surface area contributed by atoms with Gasteiger partial charge in [-0.1, -0.05) is 66.2 Å². The number of aryl methyl sites for hydroxylation is 2. The van der Waals surface area contributed by atoms with E-state index in [4.69, 9.17) is 9.39 Å². The molecule has 8 heteroatoms. The van der Waals surface area contributed by atoms with Crippen LogP contribution in [0.25, 0.3) is 11.1 Å². The Bertz CT molecular complexity index is 1100. The molecule has 0 aliphatic rings. The zero-order valence-electron chi connectivity index (χ0n) is 20.2. The first-order chi connectivity index (χ1) is 16.9. The van der Waals surface area contributed by atoms with Crippen molar-refractivity contribution in [2.75, 3.05) is 14.1 Å². The van der Waals surface area contributed by atoms with Crippen LogP contribution in [0.3, 0.4) is 0 Å². The Morgan fingerprint density at radius 1 is 0.914 bits per heavy atom. The second-order valence-corrected chi connectivity index (χ2v) is 9.08. The molecule has 3 N–H and O–H groups in total. The Morgan fingerprint density at radius 3 is 2.03 bits per heavy atom. The van der Waals surface area contributed by atoms with Gasteiger partial charge in [-0.15, -0.1) is 0 Å². The highest BCUT2D eigenvalue weighted by Gasteiger charge is 2.21. The number of amides is 2. The van der Waals surface area contributed by atoms with Crippen molar-refractivity contribution in [3.05, 3.63) is 89.5 Å². The monoisotopic (exact) mass is 493 g/mol. The van der Waals surface area contributed by atoms with E-state index in [1.807, 2.05) is 79.7 Å². The topological polar surface area (TPSA) is 90.9 Å². The van der Waals surface area contributed by atoms with Gasteiger partial charge in [0.25, 0.3) is 0 Å². The number of carbonyl (C=O) groups is 2. The third-order valence-corrected chi connectivity index (χ3v) is 6.19. The Labute approximate surface area is 210 Å². The maximum absolute atomic E-state index is 12.7. The largest absolute Gasteiger partial charge is 0.410 e. The highest BCUT2D eigenvalue weighted by atomic mass is 32.2. The summed E-state index contributed by atoms with van der Waals surface area (Å²) in [6, 6.07) is 23.4. The summed E-state index contributed by atoms with van der Waals surface area (Å²) >= 11 is 1.06. The van der Waals surface area contributed by atoms with Gasteiger partial charge in [0.2, 0.25) is 11.8 Å². The molecule has 0 aliphatic carbocycles. The minimum absolute atomic E-state index is 0.0282. The van der Waals surface area contributed by atoms with E-state index in [0.717, 1.165) is 45.8 Å². The quantitative estimate of drug-likeness (QED) is 0.159. The molecule has 0 heterocycles. The summed E-state index contributed by atoms with van der Waals surface area (Å²) in [6.07, 6.45) is 1.32. The first-order valence-electron chi connectivity index (χ1n) is 11.3. The van der Waals surface area contributed by atoms with Crippen molar-refractivity contribution in [2.24, 2.45) is 0 Å². The molecule has 184 valence electrons. The SMILES string of the molecule is Cc1ccc(OSN[C@@H](Cc2ccc(-c3ccc(CCC(=O)NO)cc3)cc2)C(=O)N(C)C)cc1. The van der Waals surface area contributed by atoms with Crippen LogP contribution in [0.15, 0.2) is 72.8 Å². The van der Waals surface area contributed by atoms with Crippen LogP contribution in [0, 0.1) is 6.92 Å². The summed E-state index contributed by atoms with van der Waals surface area (Å²) in [5, 5.41) is 8.61. The Balaban J connectivity index is 1.60. The van der Waals surface area contributed by atoms with Gasteiger partial charge in [0.1, 0.15) is 24.0 Å². The molecule has 0 bridgehead atoms. The van der Waals surface area contributed by atoms with E-state index >= 15 is 0 Å². The van der Waals surface area contributed by atoms with Crippen molar-refractivity contribution in [1.29, 1.82) is 0 Å². The Kier molecular flexibility index (Phi) is 9.72. The molecule has 2 amide bonds. The van der Waals surface area contributed by atoms with Crippen LogP contribution >= 0.6 is 12.2 Å². The van der Waals surface area contributed by atoms with Crippen LogP contribution in [0.4, 0.5) is 0 Å². The van der Waals surface area contributed by atoms with E-state index in [0.29, 0.717) is 12.8 Å². The van der Waals surface area contributed by atoms with Crippen LogP contribution in [0.1, 0.15) is 23.1 Å². The summed E-state index contributed by atoms with van der Waals surface area (Å²) in [4.78, 5) is 25.5. The Morgan fingerprint density at radius 2 is 1.49 bits per heavy atom. The third-order valence-electron chi connectivity index (χ3n) is 5.53. The van der Waals surface area contributed by atoms with Gasteiger partial charge in [0.15, 0.2) is 0 Å². The van der Waals surface area contributed by atoms with Gasteiger partial charge in [0.05, 0.1) is 0 Å². The molecule has 3 aromatic rings. The average molecular weight is 494 g/mol. The molecule has 1 atom stereocenters. The molecule has 0 spiro atoms. The fourth-order valence-electron chi connectivity index (χ4n) is 3.46. The van der Waals surface area contributed by atoms with E-state index in [2.05, 4.69) is 4.72 Å². The minimum Gasteiger partial charge on any atom is -0.410 e. The molecule has 0 radical (unpaired) electrons. The maximum Gasteiger partial charge on any atom is 0.243 e. The molecule has 0 saturated carbocycles. The number of hydrogen-bond acceptors (Lipinski definition) is 6. The van der Waals surface area contributed by atoms with Crippen molar-refractivity contribution in [3.8, 4) is 16.9 Å². The number of benzene rings is 3. The summed E-state index contributed by atoms with van der Waals surface area (Å²) < 4.78 is 8.83. The molecule has 0 saturated heterocycles. The summed E-state index contributed by atoms with van der Waals surface area (Å²) in [5.74, 6) is 0.293. The normalized spacial score (nSPS) is 11.5. The molecular weight excluding hydrogens is 462 g/mol. The number of carbonyl (C=O) groups excluding carboxylic acids is 2. The van der Waals surface area contributed by atoms with Gasteiger partial charge in [-0.2, -0.15) is 0 Å². The van der Waals surface area contributed by atoms with Gasteiger partial charge in [0, 0.05) is 20.5 Å². The molecule has 0 aliphatic heterocycles. The van der Waals surface area contributed by atoms with Crippen molar-refractivity contribution < 1.29 is 19.0 Å². The van der Waals surface area contributed by atoms with Crippen LogP contribution < -0.4 is 14.4 Å². The number of hydroxylamine groups is 1. The van der Waals surface area contributed by atoms with Crippen LogP contribution in [0.2, 0.25) is 0 Å². The average Bonchev–Trinajstić information content (AvgIpc) is 2.88. The molecule has 0 aromatic heterocycles. The van der Waals surface area contributed by atoms with Crippen molar-refractivity contribution in [2.45, 2.75) is 32.2 Å². The first kappa shape index (κ1) is 26.3. The number of likely N-dealkylation sites (N-methyl/N-ethyl adjacent to an activating group) is 1. The van der Waals surface area contributed by atoms with E-state index in [-0.39, 0.29) is 12.3 Å². The number of nitrogens with one attached hydrogen (secondary N) is 2. The lowest BCUT2D eigenvalue weighted by Crippen LogP contribution is -2.42. The lowest BCUT2D eigenvalue weighted by molar-refractivity contribution is -0.130. The molecule has 3 rings (SSSR count). The van der Waals surface area contributed by atoms with E-state index in [1.165, 1.54) is 0 Å². The number of rotatable bonds is 11. The molecular formula is C27H31N3O4S. The summed E-state index contributed by atoms with van der Waals surface area (Å²) in [5.41, 5.74) is 6.99. The van der Waals surface area contributed by atoms with E-state index in [9.17, 15) is 9.59 Å². The van der Waals surface area contributed by atoms with E-state index in [1.54, 1.807) is 24.5 Å². The lowest BCUT2D eigenvalue weighted by Gasteiger charge is -2.21. The minimum atomic E-state index is -0.443. The van der Waals surface area contributed by atoms with Crippen molar-refractivity contribution >= 4 is 24.0 Å². The number of nitrogens with zero attached hydrogens (tertiary/aromatic N) is 1.